The molecule has 0 bridgehead atoms. The van der Waals surface area contributed by atoms with Crippen molar-refractivity contribution in [3.8, 4) is 0 Å². The summed E-state index contributed by atoms with van der Waals surface area (Å²) in [4.78, 5) is 4.34. The zero-order valence-electron chi connectivity index (χ0n) is 35.8. The minimum absolute atomic E-state index is 0.00929. The first-order chi connectivity index (χ1) is 32.6. The van der Waals surface area contributed by atoms with Gasteiger partial charge in [-0.1, -0.05) is 140 Å². The van der Waals surface area contributed by atoms with Crippen LogP contribution >= 0.6 is 0 Å². The van der Waals surface area contributed by atoms with Gasteiger partial charge in [0.25, 0.3) is 0 Å². The molecule has 0 fully saturated rings. The predicted octanol–water partition coefficient (Wildman–Crippen LogP) is 16.7. The summed E-state index contributed by atoms with van der Waals surface area (Å²) in [5, 5.41) is 10.7. The number of fused-ring (bicyclic) bond motifs is 2. The van der Waals surface area contributed by atoms with E-state index < -0.39 is 29.4 Å². The molecule has 4 nitrogen and oxygen atoms in total. The van der Waals surface area contributed by atoms with Crippen LogP contribution in [-0.2, 0) is 12.4 Å². The number of rotatable bonds is 9. The third kappa shape index (κ3) is 8.31. The summed E-state index contributed by atoms with van der Waals surface area (Å²) in [6, 6.07) is 63.8. The number of para-hydroxylation sites is 4. The van der Waals surface area contributed by atoms with E-state index in [0.29, 0.717) is 39.7 Å². The van der Waals surface area contributed by atoms with E-state index in [0.717, 1.165) is 51.8 Å². The third-order valence-electron chi connectivity index (χ3n) is 12.3. The van der Waals surface area contributed by atoms with Crippen LogP contribution in [0.5, 0.6) is 0 Å². The van der Waals surface area contributed by atoms with Gasteiger partial charge in [-0.15, -0.1) is 0 Å². The minimum atomic E-state index is -4.64. The molecule has 9 aromatic rings. The lowest BCUT2D eigenvalue weighted by molar-refractivity contribution is -0.137. The smallest absolute Gasteiger partial charge is 0.310 e. The van der Waals surface area contributed by atoms with Crippen LogP contribution in [0.2, 0.25) is 0 Å². The number of benzene rings is 9. The van der Waals surface area contributed by atoms with Crippen LogP contribution in [0.1, 0.15) is 46.6 Å². The van der Waals surface area contributed by atoms with Crippen LogP contribution in [0.15, 0.2) is 223 Å². The van der Waals surface area contributed by atoms with Crippen molar-refractivity contribution in [2.75, 3.05) is 9.80 Å². The number of halogens is 6. The van der Waals surface area contributed by atoms with Gasteiger partial charge in [-0.3, -0.25) is 0 Å². The highest BCUT2D eigenvalue weighted by molar-refractivity contribution is 6.18. The average Bonchev–Trinajstić information content (AvgIpc) is 3.57. The molecular formula is C57H40F6N4. The zero-order valence-corrected chi connectivity index (χ0v) is 35.8. The van der Waals surface area contributed by atoms with Crippen LogP contribution in [0.3, 0.4) is 0 Å². The molecule has 1 aliphatic rings. The molecule has 0 amide bonds. The maximum atomic E-state index is 14.8. The first-order valence-corrected chi connectivity index (χ1v) is 21.8. The van der Waals surface area contributed by atoms with Crippen molar-refractivity contribution < 1.29 is 26.3 Å². The Kier molecular flexibility index (Phi) is 11.4. The average molecular weight is 895 g/mol. The third-order valence-corrected chi connectivity index (χ3v) is 12.3. The molecule has 0 N–H and O–H groups in total. The molecule has 0 saturated heterocycles. The van der Waals surface area contributed by atoms with Crippen LogP contribution in [0.4, 0.5) is 60.5 Å². The topological polar surface area (TPSA) is 31.2 Å². The number of nitrogens with zero attached hydrogens (tertiary/aromatic N) is 4. The zero-order chi connectivity index (χ0) is 46.1. The van der Waals surface area contributed by atoms with E-state index in [-0.39, 0.29) is 17.2 Å². The summed E-state index contributed by atoms with van der Waals surface area (Å²) >= 11 is 0. The van der Waals surface area contributed by atoms with Gasteiger partial charge in [-0.25, -0.2) is 0 Å². The van der Waals surface area contributed by atoms with E-state index in [2.05, 4.69) is 9.80 Å². The van der Waals surface area contributed by atoms with Gasteiger partial charge in [0, 0.05) is 45.4 Å². The second-order valence-electron chi connectivity index (χ2n) is 16.3. The fourth-order valence-corrected chi connectivity index (χ4v) is 9.38. The maximum Gasteiger partial charge on any atom is 0.417 e. The number of hydrogen-bond acceptors (Lipinski definition) is 4. The fraction of sp³-hybridized carbons (Fsp3) is 0.0877. The Labute approximate surface area is 383 Å². The van der Waals surface area contributed by atoms with Gasteiger partial charge in [0.15, 0.2) is 0 Å². The largest absolute Gasteiger partial charge is 0.417 e. The van der Waals surface area contributed by atoms with Crippen LogP contribution < -0.4 is 9.80 Å². The normalized spacial score (nSPS) is 14.3. The molecule has 0 saturated carbocycles. The lowest BCUT2D eigenvalue weighted by Gasteiger charge is -2.35. The SMILES string of the molecule is FC(F)(F)c1ccc(C2=NN=C(c3ccc(C(F)(F)F)c4ccccc34)C(c3c(N(c4ccccc4)c4ccccc4)cccc3N(c3ccccc3)c3ccccc3)CC2)c2ccccc12. The van der Waals surface area contributed by atoms with Crippen LogP contribution in [0.25, 0.3) is 21.5 Å². The van der Waals surface area contributed by atoms with Crippen molar-refractivity contribution in [2.45, 2.75) is 31.1 Å². The Balaban J connectivity index is 1.29. The van der Waals surface area contributed by atoms with E-state index in [9.17, 15) is 26.3 Å². The van der Waals surface area contributed by atoms with Crippen molar-refractivity contribution in [1.82, 2.24) is 0 Å². The molecule has 9 aromatic carbocycles. The van der Waals surface area contributed by atoms with Crippen molar-refractivity contribution in [3.05, 3.63) is 240 Å². The Morgan fingerprint density at radius 2 is 0.746 bits per heavy atom. The molecule has 330 valence electrons. The fourth-order valence-electron chi connectivity index (χ4n) is 9.38. The monoisotopic (exact) mass is 894 g/mol. The highest BCUT2D eigenvalue weighted by atomic mass is 19.4. The molecule has 1 aliphatic heterocycles. The van der Waals surface area contributed by atoms with Gasteiger partial charge in [-0.05, 0) is 107 Å². The summed E-state index contributed by atoms with van der Waals surface area (Å²) in [5.74, 6) is -0.668. The Morgan fingerprint density at radius 3 is 1.16 bits per heavy atom. The molecule has 67 heavy (non-hydrogen) atoms. The van der Waals surface area contributed by atoms with Crippen LogP contribution in [0, 0.1) is 0 Å². The van der Waals surface area contributed by atoms with Gasteiger partial charge in [-0.2, -0.15) is 36.5 Å². The lowest BCUT2D eigenvalue weighted by Crippen LogP contribution is -2.23. The Bertz CT molecular complexity index is 3100. The first kappa shape index (κ1) is 42.9. The number of hydrogen-bond donors (Lipinski definition) is 0. The minimum Gasteiger partial charge on any atom is -0.310 e. The van der Waals surface area contributed by atoms with Crippen LogP contribution in [-0.4, -0.2) is 11.4 Å². The molecule has 10 heteroatoms. The summed E-state index contributed by atoms with van der Waals surface area (Å²) in [6.07, 6.45) is -8.67. The molecular weight excluding hydrogens is 855 g/mol. The van der Waals surface area contributed by atoms with Crippen molar-refractivity contribution in [1.29, 1.82) is 0 Å². The highest BCUT2D eigenvalue weighted by Gasteiger charge is 2.37. The summed E-state index contributed by atoms with van der Waals surface area (Å²) < 4.78 is 87.6. The van der Waals surface area contributed by atoms with Crippen molar-refractivity contribution >= 4 is 67.1 Å². The second-order valence-corrected chi connectivity index (χ2v) is 16.3. The van der Waals surface area contributed by atoms with E-state index in [4.69, 9.17) is 10.2 Å². The number of anilines is 6. The van der Waals surface area contributed by atoms with Crippen molar-refractivity contribution in [2.24, 2.45) is 10.2 Å². The van der Waals surface area contributed by atoms with E-state index in [1.807, 2.05) is 140 Å². The van der Waals surface area contributed by atoms with E-state index >= 15 is 0 Å². The lowest BCUT2D eigenvalue weighted by atomic mass is 9.81. The molecule has 0 aliphatic carbocycles. The van der Waals surface area contributed by atoms with E-state index in [1.54, 1.807) is 36.4 Å². The maximum absolute atomic E-state index is 14.8. The summed E-state index contributed by atoms with van der Waals surface area (Å²) in [6.45, 7) is 0. The first-order valence-electron chi connectivity index (χ1n) is 21.8. The molecule has 1 atom stereocenters. The number of alkyl halides is 6. The summed E-state index contributed by atoms with van der Waals surface area (Å²) in [5.41, 5.74) is 6.07. The molecule has 0 radical (unpaired) electrons. The second kappa shape index (κ2) is 17.8. The molecule has 1 heterocycles. The standard InChI is InChI=1S/C57H40F6N4/c58-56(59,60)49-35-32-46(42-26-13-15-28-44(42)49)51-37-34-48(55(65-64-51)47-33-36-50(57(61,62)63)45-29-16-14-27-43(45)47)54-52(66(38-18-5-1-6-19-38)39-20-7-2-8-21-39)30-17-31-53(54)67(40-22-9-3-10-23-40)41-24-11-4-12-25-41/h1-33,35-36,48H,34,37H2. The molecule has 0 aromatic heterocycles. The predicted molar refractivity (Wildman–Crippen MR) is 259 cm³/mol. The van der Waals surface area contributed by atoms with Gasteiger partial charge < -0.3 is 9.80 Å². The van der Waals surface area contributed by atoms with Gasteiger partial charge in [0.1, 0.15) is 0 Å². The Hall–Kier alpha value is -7.98. The quantitative estimate of drug-likeness (QED) is 0.135. The highest BCUT2D eigenvalue weighted by Crippen LogP contribution is 2.50. The van der Waals surface area contributed by atoms with Crippen molar-refractivity contribution in [3.63, 3.8) is 0 Å². The van der Waals surface area contributed by atoms with Gasteiger partial charge >= 0.3 is 12.4 Å². The van der Waals surface area contributed by atoms with Gasteiger partial charge in [0.05, 0.1) is 33.9 Å². The molecule has 1 unspecified atom stereocenters. The molecule has 10 rings (SSSR count). The molecule has 0 spiro atoms. The summed E-state index contributed by atoms with van der Waals surface area (Å²) in [7, 11) is 0. The Morgan fingerprint density at radius 1 is 0.373 bits per heavy atom. The van der Waals surface area contributed by atoms with E-state index in [1.165, 1.54) is 24.3 Å². The van der Waals surface area contributed by atoms with Gasteiger partial charge in [0.2, 0.25) is 0 Å².